The van der Waals surface area contributed by atoms with Crippen LogP contribution in [0.25, 0.3) is 0 Å². The SMILES string of the molecule is Cc1cccc(NC(=O)[C@H]2C(=O)N[C@@]34CCCC[C@@H]3[C@H]2c2ccccc2O4)c1. The number of fused-ring (bicyclic) bond motifs is 2. The van der Waals surface area contributed by atoms with Crippen LogP contribution in [0.4, 0.5) is 5.69 Å². The first-order chi connectivity index (χ1) is 13.6. The molecular weight excluding hydrogens is 352 g/mol. The Kier molecular flexibility index (Phi) is 3.93. The first-order valence-corrected chi connectivity index (χ1v) is 10.0. The highest BCUT2D eigenvalue weighted by atomic mass is 16.5. The lowest BCUT2D eigenvalue weighted by Crippen LogP contribution is -2.69. The van der Waals surface area contributed by atoms with Crippen LogP contribution in [-0.2, 0) is 9.59 Å². The average Bonchev–Trinajstić information content (AvgIpc) is 2.67. The van der Waals surface area contributed by atoms with Crippen molar-refractivity contribution in [1.82, 2.24) is 5.32 Å². The van der Waals surface area contributed by atoms with Crippen LogP contribution in [0.1, 0.15) is 42.7 Å². The van der Waals surface area contributed by atoms with Crippen molar-refractivity contribution < 1.29 is 14.3 Å². The van der Waals surface area contributed by atoms with Gasteiger partial charge in [-0.3, -0.25) is 9.59 Å². The van der Waals surface area contributed by atoms with Gasteiger partial charge in [0.05, 0.1) is 0 Å². The molecule has 4 atom stereocenters. The normalized spacial score (nSPS) is 30.3. The molecule has 2 aromatic rings. The molecule has 2 amide bonds. The Morgan fingerprint density at radius 2 is 2.04 bits per heavy atom. The summed E-state index contributed by atoms with van der Waals surface area (Å²) in [7, 11) is 0. The smallest absolute Gasteiger partial charge is 0.237 e. The van der Waals surface area contributed by atoms with E-state index in [9.17, 15) is 9.59 Å². The monoisotopic (exact) mass is 376 g/mol. The maximum Gasteiger partial charge on any atom is 0.237 e. The molecule has 2 fully saturated rings. The van der Waals surface area contributed by atoms with Crippen LogP contribution in [0.15, 0.2) is 48.5 Å². The molecule has 1 aliphatic carbocycles. The van der Waals surface area contributed by atoms with Crippen LogP contribution in [-0.4, -0.2) is 17.5 Å². The van der Waals surface area contributed by atoms with E-state index < -0.39 is 11.6 Å². The summed E-state index contributed by atoms with van der Waals surface area (Å²) in [6.07, 6.45) is 3.86. The van der Waals surface area contributed by atoms with Gasteiger partial charge in [-0.25, -0.2) is 0 Å². The third-order valence-electron chi connectivity index (χ3n) is 6.46. The van der Waals surface area contributed by atoms with Crippen molar-refractivity contribution in [2.45, 2.75) is 44.2 Å². The number of rotatable bonds is 2. The number of hydrogen-bond donors (Lipinski definition) is 2. The molecular formula is C23H24N2O3. The zero-order valence-corrected chi connectivity index (χ0v) is 15.9. The Morgan fingerprint density at radius 3 is 2.89 bits per heavy atom. The van der Waals surface area contributed by atoms with Gasteiger partial charge in [-0.2, -0.15) is 0 Å². The van der Waals surface area contributed by atoms with E-state index in [4.69, 9.17) is 4.74 Å². The van der Waals surface area contributed by atoms with Gasteiger partial charge in [0.15, 0.2) is 5.72 Å². The third-order valence-corrected chi connectivity index (χ3v) is 6.46. The summed E-state index contributed by atoms with van der Waals surface area (Å²) in [6, 6.07) is 15.5. The molecule has 0 radical (unpaired) electrons. The first kappa shape index (κ1) is 17.3. The minimum absolute atomic E-state index is 0.113. The molecule has 0 spiro atoms. The summed E-state index contributed by atoms with van der Waals surface area (Å²) in [6.45, 7) is 1.98. The fourth-order valence-electron chi connectivity index (χ4n) is 5.30. The minimum atomic E-state index is -0.762. The number of hydrogen-bond acceptors (Lipinski definition) is 3. The zero-order chi connectivity index (χ0) is 19.3. The van der Waals surface area contributed by atoms with E-state index in [0.29, 0.717) is 0 Å². The van der Waals surface area contributed by atoms with E-state index in [1.807, 2.05) is 55.5 Å². The summed E-state index contributed by atoms with van der Waals surface area (Å²) >= 11 is 0. The summed E-state index contributed by atoms with van der Waals surface area (Å²) in [5, 5.41) is 6.08. The molecule has 2 aliphatic heterocycles. The molecule has 0 unspecified atom stereocenters. The van der Waals surface area contributed by atoms with E-state index in [1.54, 1.807) is 0 Å². The topological polar surface area (TPSA) is 67.4 Å². The van der Waals surface area contributed by atoms with Crippen LogP contribution < -0.4 is 15.4 Å². The number of carbonyl (C=O) groups excluding carboxylic acids is 2. The molecule has 28 heavy (non-hydrogen) atoms. The molecule has 1 saturated carbocycles. The molecule has 5 nitrogen and oxygen atoms in total. The van der Waals surface area contributed by atoms with Crippen molar-refractivity contribution in [3.05, 3.63) is 59.7 Å². The molecule has 0 aromatic heterocycles. The molecule has 5 heteroatoms. The fourth-order valence-corrected chi connectivity index (χ4v) is 5.30. The number of carbonyl (C=O) groups is 2. The van der Waals surface area contributed by atoms with Gasteiger partial charge in [0.1, 0.15) is 11.7 Å². The number of nitrogens with one attached hydrogen (secondary N) is 2. The van der Waals surface area contributed by atoms with Crippen LogP contribution in [0, 0.1) is 18.8 Å². The Morgan fingerprint density at radius 1 is 1.18 bits per heavy atom. The van der Waals surface area contributed by atoms with Crippen molar-refractivity contribution in [3.8, 4) is 5.75 Å². The lowest BCUT2D eigenvalue weighted by atomic mass is 9.62. The Bertz CT molecular complexity index is 956. The lowest BCUT2D eigenvalue weighted by Gasteiger charge is -2.55. The number of para-hydroxylation sites is 1. The summed E-state index contributed by atoms with van der Waals surface area (Å²) < 4.78 is 6.36. The molecule has 3 aliphatic rings. The Balaban J connectivity index is 1.55. The second kappa shape index (κ2) is 6.36. The van der Waals surface area contributed by atoms with E-state index in [1.165, 1.54) is 0 Å². The standard InChI is InChI=1S/C23H24N2O3/c1-14-7-6-8-15(13-14)24-21(26)20-19-16-9-2-3-11-18(16)28-23(25-22(20)27)12-5-4-10-17(19)23/h2-3,6-9,11,13,17,19-20H,4-5,10,12H2,1H3,(H,24,26)(H,25,27)/t17-,19-,20+,23-/m1/s1. The van der Waals surface area contributed by atoms with Crippen LogP contribution >= 0.6 is 0 Å². The van der Waals surface area contributed by atoms with Crippen molar-refractivity contribution >= 4 is 17.5 Å². The predicted octanol–water partition coefficient (Wildman–Crippen LogP) is 3.74. The van der Waals surface area contributed by atoms with Gasteiger partial charge in [0.2, 0.25) is 11.8 Å². The first-order valence-electron chi connectivity index (χ1n) is 10.0. The summed E-state index contributed by atoms with van der Waals surface area (Å²) in [4.78, 5) is 26.4. The van der Waals surface area contributed by atoms with Crippen LogP contribution in [0.5, 0.6) is 5.75 Å². The van der Waals surface area contributed by atoms with Gasteiger partial charge >= 0.3 is 0 Å². The number of anilines is 1. The molecule has 2 heterocycles. The van der Waals surface area contributed by atoms with Crippen LogP contribution in [0.2, 0.25) is 0 Å². The predicted molar refractivity (Wildman–Crippen MR) is 106 cm³/mol. The number of ether oxygens (including phenoxy) is 1. The Hall–Kier alpha value is -2.82. The van der Waals surface area contributed by atoms with E-state index >= 15 is 0 Å². The summed E-state index contributed by atoms with van der Waals surface area (Å²) in [5.74, 6) is -0.501. The lowest BCUT2D eigenvalue weighted by molar-refractivity contribution is -0.160. The van der Waals surface area contributed by atoms with Crippen molar-refractivity contribution in [3.63, 3.8) is 0 Å². The van der Waals surface area contributed by atoms with Gasteiger partial charge in [0, 0.05) is 23.9 Å². The number of benzene rings is 2. The third kappa shape index (κ3) is 2.60. The molecule has 2 bridgehead atoms. The largest absolute Gasteiger partial charge is 0.467 e. The van der Waals surface area contributed by atoms with Crippen molar-refractivity contribution in [2.24, 2.45) is 11.8 Å². The van der Waals surface area contributed by atoms with Gasteiger partial charge in [-0.05, 0) is 49.1 Å². The number of piperidine rings is 1. The Labute approximate surface area is 164 Å². The van der Waals surface area contributed by atoms with Crippen molar-refractivity contribution in [2.75, 3.05) is 5.32 Å². The average molecular weight is 376 g/mol. The second-order valence-corrected chi connectivity index (χ2v) is 8.23. The highest BCUT2D eigenvalue weighted by molar-refractivity contribution is 6.08. The highest BCUT2D eigenvalue weighted by Crippen LogP contribution is 2.55. The number of amides is 2. The molecule has 2 aromatic carbocycles. The molecule has 1 saturated heterocycles. The van der Waals surface area contributed by atoms with Gasteiger partial charge in [0.25, 0.3) is 0 Å². The van der Waals surface area contributed by atoms with Crippen molar-refractivity contribution in [1.29, 1.82) is 0 Å². The molecule has 144 valence electrons. The fraction of sp³-hybridized carbons (Fsp3) is 0.391. The van der Waals surface area contributed by atoms with Gasteiger partial charge in [-0.1, -0.05) is 36.8 Å². The molecule has 2 N–H and O–H groups in total. The van der Waals surface area contributed by atoms with E-state index in [0.717, 1.165) is 48.2 Å². The van der Waals surface area contributed by atoms with E-state index in [-0.39, 0.29) is 23.7 Å². The summed E-state index contributed by atoms with van der Waals surface area (Å²) in [5.41, 5.74) is 2.09. The maximum absolute atomic E-state index is 13.3. The zero-order valence-electron chi connectivity index (χ0n) is 15.9. The van der Waals surface area contributed by atoms with Gasteiger partial charge < -0.3 is 15.4 Å². The molecule has 5 rings (SSSR count). The van der Waals surface area contributed by atoms with Crippen LogP contribution in [0.3, 0.4) is 0 Å². The quantitative estimate of drug-likeness (QED) is 0.785. The highest BCUT2D eigenvalue weighted by Gasteiger charge is 2.60. The van der Waals surface area contributed by atoms with Gasteiger partial charge in [-0.15, -0.1) is 0 Å². The van der Waals surface area contributed by atoms with E-state index in [2.05, 4.69) is 10.6 Å². The minimum Gasteiger partial charge on any atom is -0.467 e. The second-order valence-electron chi connectivity index (χ2n) is 8.23. The number of aryl methyl sites for hydroxylation is 1. The maximum atomic E-state index is 13.3.